The van der Waals surface area contributed by atoms with Crippen molar-refractivity contribution in [2.24, 2.45) is 11.3 Å². The number of rotatable bonds is 5. The molecule has 0 bridgehead atoms. The molecule has 1 aromatic carbocycles. The maximum atomic E-state index is 12.3. The van der Waals surface area contributed by atoms with Gasteiger partial charge < -0.3 is 15.4 Å². The van der Waals surface area contributed by atoms with E-state index in [-0.39, 0.29) is 30.3 Å². The molecular formula is C17H24BrClN2O2. The van der Waals surface area contributed by atoms with Gasteiger partial charge in [0.25, 0.3) is 0 Å². The van der Waals surface area contributed by atoms with Crippen molar-refractivity contribution in [1.82, 2.24) is 10.6 Å². The maximum absolute atomic E-state index is 12.3. The summed E-state index contributed by atoms with van der Waals surface area (Å²) in [5.74, 6) is 1.22. The molecule has 6 heteroatoms. The summed E-state index contributed by atoms with van der Waals surface area (Å²) < 4.78 is 6.80. The third-order valence-corrected chi connectivity index (χ3v) is 5.49. The van der Waals surface area contributed by atoms with Gasteiger partial charge in [-0.1, -0.05) is 12.1 Å². The van der Waals surface area contributed by atoms with Crippen LogP contribution in [0.1, 0.15) is 26.2 Å². The van der Waals surface area contributed by atoms with E-state index in [1.54, 1.807) is 0 Å². The molecule has 23 heavy (non-hydrogen) atoms. The standard InChI is InChI=1S/C17H23BrN2O2.ClH/c1-12(22-15-5-3-2-4-14(15)18)11-20-16(21)13-10-17(13)6-8-19-9-7-17;/h2-5,12-13,19H,6-11H2,1H3,(H,20,21);1H. The molecule has 0 radical (unpaired) electrons. The Labute approximate surface area is 152 Å². The molecule has 2 unspecified atom stereocenters. The third kappa shape index (κ3) is 4.40. The van der Waals surface area contributed by atoms with Crippen LogP contribution < -0.4 is 15.4 Å². The normalized spacial score (nSPS) is 22.8. The fourth-order valence-electron chi connectivity index (χ4n) is 3.36. The van der Waals surface area contributed by atoms with Crippen molar-refractivity contribution in [2.75, 3.05) is 19.6 Å². The van der Waals surface area contributed by atoms with E-state index < -0.39 is 0 Å². The van der Waals surface area contributed by atoms with Gasteiger partial charge in [-0.25, -0.2) is 0 Å². The van der Waals surface area contributed by atoms with Gasteiger partial charge >= 0.3 is 0 Å². The lowest BCUT2D eigenvalue weighted by Crippen LogP contribution is -2.37. The topological polar surface area (TPSA) is 50.4 Å². The number of hydrogen-bond acceptors (Lipinski definition) is 3. The van der Waals surface area contributed by atoms with E-state index >= 15 is 0 Å². The molecule has 3 rings (SSSR count). The second-order valence-corrected chi connectivity index (χ2v) is 7.33. The molecule has 2 atom stereocenters. The smallest absolute Gasteiger partial charge is 0.223 e. The highest BCUT2D eigenvalue weighted by molar-refractivity contribution is 9.10. The van der Waals surface area contributed by atoms with Crippen LogP contribution >= 0.6 is 28.3 Å². The zero-order valence-corrected chi connectivity index (χ0v) is 15.7. The van der Waals surface area contributed by atoms with E-state index in [1.807, 2.05) is 31.2 Å². The van der Waals surface area contributed by atoms with Gasteiger partial charge in [0.05, 0.1) is 11.0 Å². The quantitative estimate of drug-likeness (QED) is 0.794. The molecule has 2 N–H and O–H groups in total. The van der Waals surface area contributed by atoms with Crippen molar-refractivity contribution in [2.45, 2.75) is 32.3 Å². The van der Waals surface area contributed by atoms with Crippen LogP contribution in [0.4, 0.5) is 0 Å². The van der Waals surface area contributed by atoms with Crippen LogP contribution in [0.25, 0.3) is 0 Å². The summed E-state index contributed by atoms with van der Waals surface area (Å²) in [6, 6.07) is 7.77. The fourth-order valence-corrected chi connectivity index (χ4v) is 3.74. The Morgan fingerprint density at radius 2 is 2.13 bits per heavy atom. The number of carbonyl (C=O) groups is 1. The summed E-state index contributed by atoms with van der Waals surface area (Å²) in [6.07, 6.45) is 3.27. The second-order valence-electron chi connectivity index (χ2n) is 6.47. The Hall–Kier alpha value is -0.780. The average Bonchev–Trinajstić information content (AvgIpc) is 3.21. The molecule has 1 aromatic rings. The summed E-state index contributed by atoms with van der Waals surface area (Å²) in [5, 5.41) is 6.42. The number of halogens is 2. The summed E-state index contributed by atoms with van der Waals surface area (Å²) in [4.78, 5) is 12.3. The highest BCUT2D eigenvalue weighted by Crippen LogP contribution is 2.58. The largest absolute Gasteiger partial charge is 0.488 e. The summed E-state index contributed by atoms with van der Waals surface area (Å²) in [6.45, 7) is 4.62. The van der Waals surface area contributed by atoms with E-state index in [1.165, 1.54) is 0 Å². The van der Waals surface area contributed by atoms with Gasteiger partial charge in [0.1, 0.15) is 11.9 Å². The molecule has 1 heterocycles. The van der Waals surface area contributed by atoms with Crippen LogP contribution in [0.2, 0.25) is 0 Å². The molecule has 1 saturated carbocycles. The lowest BCUT2D eigenvalue weighted by molar-refractivity contribution is -0.123. The van der Waals surface area contributed by atoms with Gasteiger partial charge in [0, 0.05) is 5.92 Å². The Bertz CT molecular complexity index is 549. The Balaban J connectivity index is 0.00000192. The van der Waals surface area contributed by atoms with Crippen molar-refractivity contribution in [3.05, 3.63) is 28.7 Å². The van der Waals surface area contributed by atoms with Crippen molar-refractivity contribution in [3.63, 3.8) is 0 Å². The van der Waals surface area contributed by atoms with Crippen LogP contribution in [-0.2, 0) is 4.79 Å². The van der Waals surface area contributed by atoms with Gasteiger partial charge in [0.15, 0.2) is 0 Å². The second kappa shape index (κ2) is 7.86. The Morgan fingerprint density at radius 3 is 2.83 bits per heavy atom. The van der Waals surface area contributed by atoms with Gasteiger partial charge in [0.2, 0.25) is 5.91 Å². The van der Waals surface area contributed by atoms with E-state index in [0.717, 1.165) is 42.6 Å². The number of piperidine rings is 1. The van der Waals surface area contributed by atoms with E-state index in [9.17, 15) is 4.79 Å². The van der Waals surface area contributed by atoms with Crippen LogP contribution in [-0.4, -0.2) is 31.6 Å². The minimum absolute atomic E-state index is 0. The molecule has 4 nitrogen and oxygen atoms in total. The number of carbonyl (C=O) groups excluding carboxylic acids is 1. The third-order valence-electron chi connectivity index (χ3n) is 4.83. The van der Waals surface area contributed by atoms with Crippen LogP contribution in [0, 0.1) is 11.3 Å². The minimum atomic E-state index is -0.0506. The Kier molecular flexibility index (Phi) is 6.34. The highest BCUT2D eigenvalue weighted by Gasteiger charge is 2.57. The van der Waals surface area contributed by atoms with Crippen LogP contribution in [0.15, 0.2) is 28.7 Å². The minimum Gasteiger partial charge on any atom is -0.488 e. The molecule has 0 aromatic heterocycles. The molecule has 1 aliphatic carbocycles. The summed E-state index contributed by atoms with van der Waals surface area (Å²) >= 11 is 3.47. The number of hydrogen-bond donors (Lipinski definition) is 2. The first-order valence-corrected chi connectivity index (χ1v) is 8.80. The van der Waals surface area contributed by atoms with Gasteiger partial charge in [-0.3, -0.25) is 4.79 Å². The van der Waals surface area contributed by atoms with Crippen LogP contribution in [0.3, 0.4) is 0 Å². The first-order valence-electron chi connectivity index (χ1n) is 8.00. The van der Waals surface area contributed by atoms with Gasteiger partial charge in [-0.2, -0.15) is 0 Å². The number of benzene rings is 1. The molecule has 1 aliphatic heterocycles. The molecule has 128 valence electrons. The zero-order chi connectivity index (χ0) is 15.6. The fraction of sp³-hybridized carbons (Fsp3) is 0.588. The first kappa shape index (κ1) is 18.6. The molecule has 1 saturated heterocycles. The Morgan fingerprint density at radius 1 is 1.43 bits per heavy atom. The number of ether oxygens (including phenoxy) is 1. The lowest BCUT2D eigenvalue weighted by Gasteiger charge is -2.23. The summed E-state index contributed by atoms with van der Waals surface area (Å²) in [7, 11) is 0. The van der Waals surface area contributed by atoms with Crippen LogP contribution in [0.5, 0.6) is 5.75 Å². The average molecular weight is 404 g/mol. The number of nitrogens with one attached hydrogen (secondary N) is 2. The van der Waals surface area contributed by atoms with Gasteiger partial charge in [-0.05, 0) is 72.8 Å². The number of amides is 1. The van der Waals surface area contributed by atoms with Gasteiger partial charge in [-0.15, -0.1) is 12.4 Å². The van der Waals surface area contributed by atoms with E-state index in [4.69, 9.17) is 4.74 Å². The van der Waals surface area contributed by atoms with Crippen molar-refractivity contribution >= 4 is 34.2 Å². The summed E-state index contributed by atoms with van der Waals surface area (Å²) in [5.41, 5.74) is 0.294. The predicted octanol–water partition coefficient (Wildman–Crippen LogP) is 3.14. The first-order chi connectivity index (χ1) is 10.6. The zero-order valence-electron chi connectivity index (χ0n) is 13.3. The SMILES string of the molecule is CC(CNC(=O)C1CC12CCNCC2)Oc1ccccc1Br.Cl. The lowest BCUT2D eigenvalue weighted by atomic mass is 9.92. The number of para-hydroxylation sites is 1. The van der Waals surface area contributed by atoms with E-state index in [0.29, 0.717) is 12.0 Å². The molecule has 1 spiro atoms. The monoisotopic (exact) mass is 402 g/mol. The molecule has 2 fully saturated rings. The molecule has 2 aliphatic rings. The van der Waals surface area contributed by atoms with E-state index in [2.05, 4.69) is 26.6 Å². The van der Waals surface area contributed by atoms with Crippen molar-refractivity contribution in [3.8, 4) is 5.75 Å². The predicted molar refractivity (Wildman–Crippen MR) is 97.1 cm³/mol. The molecule has 1 amide bonds. The maximum Gasteiger partial charge on any atom is 0.223 e. The molecular weight excluding hydrogens is 380 g/mol. The van der Waals surface area contributed by atoms with Crippen molar-refractivity contribution < 1.29 is 9.53 Å². The van der Waals surface area contributed by atoms with Crippen molar-refractivity contribution in [1.29, 1.82) is 0 Å². The highest BCUT2D eigenvalue weighted by atomic mass is 79.9.